The van der Waals surface area contributed by atoms with Crippen molar-refractivity contribution in [2.75, 3.05) is 17.2 Å². The second-order valence-electron chi connectivity index (χ2n) is 5.53. The molecule has 0 radical (unpaired) electrons. The molecule has 0 fully saturated rings. The summed E-state index contributed by atoms with van der Waals surface area (Å²) in [6.07, 6.45) is 1.21. The molecule has 1 aliphatic heterocycles. The van der Waals surface area contributed by atoms with Crippen LogP contribution in [0.2, 0.25) is 0 Å². The van der Waals surface area contributed by atoms with Gasteiger partial charge in [-0.2, -0.15) is 5.10 Å². The number of benzene rings is 1. The summed E-state index contributed by atoms with van der Waals surface area (Å²) in [6, 6.07) is 9.84. The second kappa shape index (κ2) is 7.09. The van der Waals surface area contributed by atoms with Gasteiger partial charge in [0, 0.05) is 13.0 Å². The number of amides is 1. The van der Waals surface area contributed by atoms with E-state index in [1.165, 1.54) is 11.8 Å². The highest BCUT2D eigenvalue weighted by atomic mass is 32.2. The van der Waals surface area contributed by atoms with E-state index in [0.29, 0.717) is 25.1 Å². The van der Waals surface area contributed by atoms with Gasteiger partial charge in [0.1, 0.15) is 5.03 Å². The number of fused-ring (bicyclic) bond motifs is 1. The molecule has 3 rings (SSSR count). The first-order valence-corrected chi connectivity index (χ1v) is 8.92. The Bertz CT molecular complexity index is 758. The molecule has 126 valence electrons. The van der Waals surface area contributed by atoms with Crippen molar-refractivity contribution in [3.8, 4) is 5.69 Å². The van der Waals surface area contributed by atoms with E-state index < -0.39 is 5.97 Å². The highest BCUT2D eigenvalue weighted by Gasteiger charge is 2.31. The van der Waals surface area contributed by atoms with Crippen LogP contribution in [0.3, 0.4) is 0 Å². The topological polar surface area (TPSA) is 75.4 Å². The van der Waals surface area contributed by atoms with Crippen LogP contribution in [-0.4, -0.2) is 39.1 Å². The van der Waals surface area contributed by atoms with E-state index >= 15 is 0 Å². The summed E-state index contributed by atoms with van der Waals surface area (Å²) in [7, 11) is 0. The SMILES string of the molecule is CCc1nn(-c2ccccc2)c2c1N(CCCC(=O)O)C(=O)CS2. The Balaban J connectivity index is 1.98. The number of carbonyl (C=O) groups is 2. The molecular formula is C17H19N3O3S. The Morgan fingerprint density at radius 1 is 1.33 bits per heavy atom. The number of carbonyl (C=O) groups excluding carboxylic acids is 1. The van der Waals surface area contributed by atoms with Crippen LogP contribution in [0.5, 0.6) is 0 Å². The maximum Gasteiger partial charge on any atom is 0.303 e. The van der Waals surface area contributed by atoms with Crippen molar-refractivity contribution in [2.45, 2.75) is 31.2 Å². The molecule has 1 aromatic heterocycles. The third-order valence-corrected chi connectivity index (χ3v) is 4.93. The van der Waals surface area contributed by atoms with Gasteiger partial charge in [-0.3, -0.25) is 9.59 Å². The Hall–Kier alpha value is -2.28. The van der Waals surface area contributed by atoms with Crippen LogP contribution >= 0.6 is 11.8 Å². The Morgan fingerprint density at radius 2 is 2.08 bits per heavy atom. The van der Waals surface area contributed by atoms with Crippen LogP contribution in [0.15, 0.2) is 35.4 Å². The van der Waals surface area contributed by atoms with Crippen LogP contribution in [0.4, 0.5) is 5.69 Å². The minimum atomic E-state index is -0.843. The molecule has 0 unspecified atom stereocenters. The van der Waals surface area contributed by atoms with Crippen LogP contribution in [-0.2, 0) is 16.0 Å². The van der Waals surface area contributed by atoms with Gasteiger partial charge in [0.2, 0.25) is 5.91 Å². The number of thioether (sulfide) groups is 1. The molecular weight excluding hydrogens is 326 g/mol. The lowest BCUT2D eigenvalue weighted by Gasteiger charge is -2.27. The fourth-order valence-electron chi connectivity index (χ4n) is 2.78. The molecule has 0 atom stereocenters. The number of aryl methyl sites for hydroxylation is 1. The minimum absolute atomic E-state index is 0.0141. The van der Waals surface area contributed by atoms with Crippen molar-refractivity contribution >= 4 is 29.3 Å². The number of hydrogen-bond acceptors (Lipinski definition) is 4. The average molecular weight is 345 g/mol. The van der Waals surface area contributed by atoms with Gasteiger partial charge in [-0.05, 0) is 25.0 Å². The molecule has 24 heavy (non-hydrogen) atoms. The highest BCUT2D eigenvalue weighted by molar-refractivity contribution is 8.00. The Kier molecular flexibility index (Phi) is 4.89. The molecule has 6 nitrogen and oxygen atoms in total. The predicted octanol–water partition coefficient (Wildman–Crippen LogP) is 2.74. The number of rotatable bonds is 6. The van der Waals surface area contributed by atoms with E-state index in [9.17, 15) is 9.59 Å². The molecule has 1 aromatic carbocycles. The van der Waals surface area contributed by atoms with E-state index in [2.05, 4.69) is 0 Å². The van der Waals surface area contributed by atoms with Crippen molar-refractivity contribution < 1.29 is 14.7 Å². The van der Waals surface area contributed by atoms with Gasteiger partial charge in [0.05, 0.1) is 22.8 Å². The van der Waals surface area contributed by atoms with Gasteiger partial charge < -0.3 is 10.0 Å². The zero-order valence-electron chi connectivity index (χ0n) is 13.4. The van der Waals surface area contributed by atoms with Gasteiger partial charge in [-0.15, -0.1) is 0 Å². The molecule has 1 amide bonds. The molecule has 1 aliphatic rings. The number of carboxylic acids is 1. The van der Waals surface area contributed by atoms with E-state index in [1.807, 2.05) is 41.9 Å². The summed E-state index contributed by atoms with van der Waals surface area (Å²) in [5.41, 5.74) is 2.67. The van der Waals surface area contributed by atoms with E-state index in [-0.39, 0.29) is 12.3 Å². The van der Waals surface area contributed by atoms with Gasteiger partial charge in [0.25, 0.3) is 0 Å². The maximum atomic E-state index is 12.4. The van der Waals surface area contributed by atoms with Crippen LogP contribution in [0.25, 0.3) is 5.69 Å². The quantitative estimate of drug-likeness (QED) is 0.871. The smallest absolute Gasteiger partial charge is 0.303 e. The lowest BCUT2D eigenvalue weighted by molar-refractivity contribution is -0.137. The van der Waals surface area contributed by atoms with Gasteiger partial charge >= 0.3 is 5.97 Å². The fourth-order valence-corrected chi connectivity index (χ4v) is 3.83. The number of hydrogen-bond donors (Lipinski definition) is 1. The lowest BCUT2D eigenvalue weighted by atomic mass is 10.2. The average Bonchev–Trinajstić information content (AvgIpc) is 2.96. The van der Waals surface area contributed by atoms with Crippen LogP contribution < -0.4 is 4.90 Å². The number of nitrogens with zero attached hydrogens (tertiary/aromatic N) is 3. The normalized spacial score (nSPS) is 13.9. The monoisotopic (exact) mass is 345 g/mol. The molecule has 7 heteroatoms. The number of anilines is 1. The zero-order chi connectivity index (χ0) is 17.1. The van der Waals surface area contributed by atoms with E-state index in [0.717, 1.165) is 22.1 Å². The van der Waals surface area contributed by atoms with E-state index in [1.54, 1.807) is 4.90 Å². The maximum absolute atomic E-state index is 12.4. The van der Waals surface area contributed by atoms with Crippen LogP contribution in [0.1, 0.15) is 25.5 Å². The Morgan fingerprint density at radius 3 is 2.75 bits per heavy atom. The second-order valence-corrected chi connectivity index (χ2v) is 6.50. The molecule has 2 heterocycles. The largest absolute Gasteiger partial charge is 0.481 e. The first kappa shape index (κ1) is 16.6. The van der Waals surface area contributed by atoms with Gasteiger partial charge in [0.15, 0.2) is 0 Å². The first-order chi connectivity index (χ1) is 11.6. The van der Waals surface area contributed by atoms with Crippen molar-refractivity contribution in [3.05, 3.63) is 36.0 Å². The predicted molar refractivity (Wildman–Crippen MR) is 92.9 cm³/mol. The first-order valence-electron chi connectivity index (χ1n) is 7.94. The molecule has 2 aromatic rings. The summed E-state index contributed by atoms with van der Waals surface area (Å²) < 4.78 is 1.88. The van der Waals surface area contributed by atoms with Crippen molar-refractivity contribution in [1.82, 2.24) is 9.78 Å². The number of para-hydroxylation sites is 1. The summed E-state index contributed by atoms with van der Waals surface area (Å²) >= 11 is 1.49. The van der Waals surface area contributed by atoms with Crippen molar-refractivity contribution in [3.63, 3.8) is 0 Å². The van der Waals surface area contributed by atoms with Crippen molar-refractivity contribution in [2.24, 2.45) is 0 Å². The minimum Gasteiger partial charge on any atom is -0.481 e. The number of aromatic nitrogens is 2. The molecule has 0 saturated heterocycles. The highest BCUT2D eigenvalue weighted by Crippen LogP contribution is 2.39. The molecule has 0 spiro atoms. The van der Waals surface area contributed by atoms with Crippen LogP contribution in [0, 0.1) is 0 Å². The number of aliphatic carboxylic acids is 1. The Labute approximate surface area is 144 Å². The van der Waals surface area contributed by atoms with Crippen molar-refractivity contribution in [1.29, 1.82) is 0 Å². The van der Waals surface area contributed by atoms with E-state index in [4.69, 9.17) is 10.2 Å². The summed E-state index contributed by atoms with van der Waals surface area (Å²) in [6.45, 7) is 2.42. The molecule has 1 N–H and O–H groups in total. The molecule has 0 bridgehead atoms. The summed E-state index contributed by atoms with van der Waals surface area (Å²) in [5, 5.41) is 14.5. The zero-order valence-corrected chi connectivity index (χ0v) is 14.3. The molecule has 0 aliphatic carbocycles. The fraction of sp³-hybridized carbons (Fsp3) is 0.353. The lowest BCUT2D eigenvalue weighted by Crippen LogP contribution is -2.36. The standard InChI is InChI=1S/C17H19N3O3S/c1-2-13-16-17(20(18-13)12-7-4-3-5-8-12)24-11-14(21)19(16)10-6-9-15(22)23/h3-5,7-8H,2,6,9-11H2,1H3,(H,22,23). The summed E-state index contributed by atoms with van der Waals surface area (Å²) in [4.78, 5) is 24.8. The number of carboxylic acid groups (broad SMARTS) is 1. The van der Waals surface area contributed by atoms with Gasteiger partial charge in [-0.25, -0.2) is 4.68 Å². The third-order valence-electron chi connectivity index (χ3n) is 3.90. The third kappa shape index (κ3) is 3.17. The summed E-state index contributed by atoms with van der Waals surface area (Å²) in [5.74, 6) is -0.480. The van der Waals surface area contributed by atoms with Gasteiger partial charge in [-0.1, -0.05) is 36.9 Å². The molecule has 0 saturated carbocycles.